The van der Waals surface area contributed by atoms with Crippen molar-refractivity contribution >= 4 is 17.9 Å². The van der Waals surface area contributed by atoms with Gasteiger partial charge in [0.15, 0.2) is 11.8 Å². The van der Waals surface area contributed by atoms with Crippen LogP contribution >= 0.6 is 0 Å². The topological polar surface area (TPSA) is 48.6 Å². The maximum absolute atomic E-state index is 10.5. The Bertz CT molecular complexity index is 499. The standard InChI is InChI=1S/C19H38N2O2Si2/c1-5-24(6-2)21(25(7-3)8-4)15-11-14-20-18(22)16-12-9-10-13-17(16)19(20)23/h22-25H,5-15H2,1-4H3. The highest BCUT2D eigenvalue weighted by atomic mass is 28.4. The Morgan fingerprint density at radius 2 is 1.28 bits per heavy atom. The maximum Gasteiger partial charge on any atom is 0.197 e. The van der Waals surface area contributed by atoms with E-state index >= 15 is 0 Å². The quantitative estimate of drug-likeness (QED) is 0.601. The molecule has 6 heteroatoms. The van der Waals surface area contributed by atoms with Crippen LogP contribution in [0, 0.1) is 0 Å². The van der Waals surface area contributed by atoms with Crippen LogP contribution in [-0.2, 0) is 19.4 Å². The van der Waals surface area contributed by atoms with Gasteiger partial charge >= 0.3 is 0 Å². The van der Waals surface area contributed by atoms with Gasteiger partial charge in [-0.3, -0.25) is 4.57 Å². The van der Waals surface area contributed by atoms with E-state index in [0.29, 0.717) is 11.8 Å². The first-order valence-corrected chi connectivity index (χ1v) is 14.8. The Hall–Kier alpha value is -0.726. The fourth-order valence-electron chi connectivity index (χ4n) is 4.63. The predicted molar refractivity (Wildman–Crippen MR) is 112 cm³/mol. The smallest absolute Gasteiger partial charge is 0.197 e. The van der Waals surface area contributed by atoms with Gasteiger partial charge in [-0.1, -0.05) is 51.9 Å². The van der Waals surface area contributed by atoms with Crippen LogP contribution in [0.2, 0.25) is 24.2 Å². The zero-order valence-electron chi connectivity index (χ0n) is 16.7. The highest BCUT2D eigenvalue weighted by molar-refractivity contribution is 6.72. The molecule has 1 aromatic heterocycles. The van der Waals surface area contributed by atoms with Crippen molar-refractivity contribution in [1.29, 1.82) is 0 Å². The number of fused-ring (bicyclic) bond motifs is 1. The van der Waals surface area contributed by atoms with Crippen LogP contribution in [0.1, 0.15) is 58.1 Å². The largest absolute Gasteiger partial charge is 0.494 e. The van der Waals surface area contributed by atoms with Crippen molar-refractivity contribution in [3.63, 3.8) is 0 Å². The first-order valence-electron chi connectivity index (χ1n) is 10.5. The minimum atomic E-state index is -0.796. The first kappa shape index (κ1) is 20.6. The molecule has 0 amide bonds. The molecule has 0 atom stereocenters. The molecule has 1 aromatic rings. The lowest BCUT2D eigenvalue weighted by molar-refractivity contribution is 0.358. The van der Waals surface area contributed by atoms with Crippen LogP contribution in [0.25, 0.3) is 0 Å². The van der Waals surface area contributed by atoms with Crippen molar-refractivity contribution in [1.82, 2.24) is 8.80 Å². The van der Waals surface area contributed by atoms with Crippen LogP contribution in [0.5, 0.6) is 11.8 Å². The Kier molecular flexibility index (Phi) is 8.09. The van der Waals surface area contributed by atoms with Gasteiger partial charge in [0.25, 0.3) is 0 Å². The average Bonchev–Trinajstić information content (AvgIpc) is 2.88. The van der Waals surface area contributed by atoms with E-state index in [0.717, 1.165) is 56.3 Å². The van der Waals surface area contributed by atoms with Crippen LogP contribution in [-0.4, -0.2) is 43.5 Å². The zero-order valence-corrected chi connectivity index (χ0v) is 19.0. The van der Waals surface area contributed by atoms with Gasteiger partial charge in [0.2, 0.25) is 0 Å². The third kappa shape index (κ3) is 4.52. The molecule has 1 heterocycles. The van der Waals surface area contributed by atoms with Crippen molar-refractivity contribution in [3.8, 4) is 11.8 Å². The van der Waals surface area contributed by atoms with Crippen molar-refractivity contribution in [2.75, 3.05) is 6.54 Å². The summed E-state index contributed by atoms with van der Waals surface area (Å²) in [5.41, 5.74) is 2.01. The third-order valence-electron chi connectivity index (χ3n) is 6.14. The predicted octanol–water partition coefficient (Wildman–Crippen LogP) is 4.00. The number of aromatic hydroxyl groups is 2. The lowest BCUT2D eigenvalue weighted by atomic mass is 9.95. The second kappa shape index (κ2) is 9.83. The molecule has 0 radical (unpaired) electrons. The Morgan fingerprint density at radius 3 is 1.68 bits per heavy atom. The van der Waals surface area contributed by atoms with Crippen LogP contribution in [0.3, 0.4) is 0 Å². The summed E-state index contributed by atoms with van der Waals surface area (Å²) >= 11 is 0. The van der Waals surface area contributed by atoms with E-state index in [4.69, 9.17) is 0 Å². The first-order chi connectivity index (χ1) is 12.1. The molecule has 0 aliphatic heterocycles. The number of aromatic nitrogens is 1. The lowest BCUT2D eigenvalue weighted by Crippen LogP contribution is -2.48. The van der Waals surface area contributed by atoms with E-state index in [9.17, 15) is 10.2 Å². The van der Waals surface area contributed by atoms with Gasteiger partial charge in [-0.05, 0) is 38.6 Å². The summed E-state index contributed by atoms with van der Waals surface area (Å²) < 4.78 is 4.72. The van der Waals surface area contributed by atoms with E-state index in [2.05, 4.69) is 31.9 Å². The van der Waals surface area contributed by atoms with Crippen molar-refractivity contribution in [3.05, 3.63) is 11.1 Å². The van der Waals surface area contributed by atoms with Crippen LogP contribution < -0.4 is 0 Å². The molecule has 0 unspecified atom stereocenters. The molecule has 144 valence electrons. The Labute approximate surface area is 157 Å². The Morgan fingerprint density at radius 1 is 0.840 bits per heavy atom. The number of hydrogen-bond donors (Lipinski definition) is 2. The van der Waals surface area contributed by atoms with E-state index in [1.165, 1.54) is 24.2 Å². The Balaban J connectivity index is 2.05. The van der Waals surface area contributed by atoms with Crippen LogP contribution in [0.4, 0.5) is 0 Å². The highest BCUT2D eigenvalue weighted by Gasteiger charge is 2.26. The molecule has 25 heavy (non-hydrogen) atoms. The van der Waals surface area contributed by atoms with Gasteiger partial charge < -0.3 is 14.4 Å². The summed E-state index contributed by atoms with van der Waals surface area (Å²) in [7, 11) is -1.59. The second-order valence-electron chi connectivity index (χ2n) is 7.50. The summed E-state index contributed by atoms with van der Waals surface area (Å²) in [6, 6.07) is 5.42. The molecule has 0 saturated carbocycles. The molecule has 2 rings (SSSR count). The summed E-state index contributed by atoms with van der Waals surface area (Å²) in [6.07, 6.45) is 5.10. The summed E-state index contributed by atoms with van der Waals surface area (Å²) in [4.78, 5) is 0. The van der Waals surface area contributed by atoms with Crippen LogP contribution in [0.15, 0.2) is 0 Å². The summed E-state index contributed by atoms with van der Waals surface area (Å²) in [5, 5.41) is 21.1. The van der Waals surface area contributed by atoms with Crippen molar-refractivity contribution in [2.24, 2.45) is 0 Å². The normalized spacial score (nSPS) is 14.7. The molecule has 0 aromatic carbocycles. The number of hydrogen-bond acceptors (Lipinski definition) is 3. The molecular formula is C19H38N2O2Si2. The minimum Gasteiger partial charge on any atom is -0.494 e. The second-order valence-corrected chi connectivity index (χ2v) is 15.3. The van der Waals surface area contributed by atoms with E-state index in [-0.39, 0.29) is 0 Å². The molecule has 4 nitrogen and oxygen atoms in total. The van der Waals surface area contributed by atoms with Gasteiger partial charge in [-0.25, -0.2) is 0 Å². The zero-order chi connectivity index (χ0) is 18.4. The molecule has 0 fully saturated rings. The SMILES string of the molecule is CC[SiH](CC)N(CCCn1c(O)c2c(c1O)CCCC2)[SiH](CC)CC. The fraction of sp³-hybridized carbons (Fsp3) is 0.789. The average molecular weight is 383 g/mol. The molecule has 1 aliphatic rings. The molecule has 2 N–H and O–H groups in total. The van der Waals surface area contributed by atoms with Gasteiger partial charge in [0.05, 0.1) is 0 Å². The van der Waals surface area contributed by atoms with Crippen molar-refractivity contribution < 1.29 is 10.2 Å². The fourth-order valence-corrected chi connectivity index (χ4v) is 13.7. The lowest BCUT2D eigenvalue weighted by Gasteiger charge is -2.36. The molecule has 0 saturated heterocycles. The molecular weight excluding hydrogens is 344 g/mol. The molecule has 0 bridgehead atoms. The number of nitrogens with zero attached hydrogens (tertiary/aromatic N) is 2. The maximum atomic E-state index is 10.5. The van der Waals surface area contributed by atoms with E-state index in [1.807, 2.05) is 0 Å². The van der Waals surface area contributed by atoms with E-state index < -0.39 is 17.9 Å². The summed E-state index contributed by atoms with van der Waals surface area (Å²) in [6.45, 7) is 11.3. The van der Waals surface area contributed by atoms with Gasteiger partial charge in [-0.2, -0.15) is 0 Å². The third-order valence-corrected chi connectivity index (χ3v) is 14.8. The molecule has 0 spiro atoms. The van der Waals surface area contributed by atoms with E-state index in [1.54, 1.807) is 4.57 Å². The number of rotatable bonds is 10. The monoisotopic (exact) mass is 382 g/mol. The highest BCUT2D eigenvalue weighted by Crippen LogP contribution is 2.38. The molecule has 1 aliphatic carbocycles. The minimum absolute atomic E-state index is 0.332. The summed E-state index contributed by atoms with van der Waals surface area (Å²) in [5.74, 6) is 0.664. The van der Waals surface area contributed by atoms with Gasteiger partial charge in [-0.15, -0.1) is 0 Å². The van der Waals surface area contributed by atoms with Crippen molar-refractivity contribution in [2.45, 2.75) is 90.5 Å². The van der Waals surface area contributed by atoms with Gasteiger partial charge in [0, 0.05) is 17.7 Å². The van der Waals surface area contributed by atoms with Gasteiger partial charge in [0.1, 0.15) is 17.9 Å².